The Kier molecular flexibility index (Phi) is 7.65. The molecule has 7 nitrogen and oxygen atoms in total. The van der Waals surface area contributed by atoms with Gasteiger partial charge in [0, 0.05) is 43.6 Å². The molecule has 2 aliphatic heterocycles. The van der Waals surface area contributed by atoms with Crippen LogP contribution in [0.5, 0.6) is 5.75 Å². The molecule has 3 aliphatic rings. The molecule has 1 aliphatic carbocycles. The van der Waals surface area contributed by atoms with E-state index in [9.17, 15) is 54.2 Å². The van der Waals surface area contributed by atoms with Crippen molar-refractivity contribution >= 4 is 12.1 Å². The van der Waals surface area contributed by atoms with Gasteiger partial charge >= 0.3 is 30.6 Å². The van der Waals surface area contributed by atoms with E-state index < -0.39 is 53.4 Å². The summed E-state index contributed by atoms with van der Waals surface area (Å²) in [6.07, 6.45) is -21.2. The van der Waals surface area contributed by atoms with Crippen LogP contribution in [0.1, 0.15) is 49.7 Å². The normalized spacial score (nSPS) is 21.1. The molecular formula is C24H25F9N2O5. The molecule has 0 bridgehead atoms. The number of benzene rings is 1. The van der Waals surface area contributed by atoms with Crippen LogP contribution in [-0.2, 0) is 22.3 Å². The van der Waals surface area contributed by atoms with Crippen molar-refractivity contribution in [3.63, 3.8) is 0 Å². The quantitative estimate of drug-likeness (QED) is 0.424. The van der Waals surface area contributed by atoms with E-state index in [0.717, 1.165) is 12.1 Å². The summed E-state index contributed by atoms with van der Waals surface area (Å²) in [6.45, 7) is -0.520. The summed E-state index contributed by atoms with van der Waals surface area (Å²) in [6, 6.07) is 3.22. The molecule has 40 heavy (non-hydrogen) atoms. The van der Waals surface area contributed by atoms with Crippen molar-refractivity contribution in [2.45, 2.75) is 80.8 Å². The van der Waals surface area contributed by atoms with Gasteiger partial charge in [-0.1, -0.05) is 6.07 Å². The fourth-order valence-corrected chi connectivity index (χ4v) is 5.37. The highest BCUT2D eigenvalue weighted by atomic mass is 19.4. The van der Waals surface area contributed by atoms with Crippen LogP contribution in [0, 0.1) is 0 Å². The zero-order chi connectivity index (χ0) is 29.7. The largest absolute Gasteiger partial charge is 0.478 e. The number of halogens is 9. The van der Waals surface area contributed by atoms with Crippen LogP contribution in [0.3, 0.4) is 0 Å². The SMILES string of the molecule is O=C(OC(C(F)(F)F)C(F)(F)F)N1CCC2(CCCN2Cc2c(OC3(C(=O)O)CC3)cccc2C(F)(F)F)CC1. The maximum atomic E-state index is 13.9. The number of rotatable bonds is 6. The number of aliphatic carboxylic acids is 1. The van der Waals surface area contributed by atoms with E-state index in [1.54, 1.807) is 4.90 Å². The van der Waals surface area contributed by atoms with Crippen molar-refractivity contribution < 1.29 is 63.7 Å². The van der Waals surface area contributed by atoms with E-state index in [1.165, 1.54) is 6.07 Å². The minimum absolute atomic E-state index is 0.0637. The highest BCUT2D eigenvalue weighted by Crippen LogP contribution is 2.46. The van der Waals surface area contributed by atoms with Crippen molar-refractivity contribution in [2.24, 2.45) is 0 Å². The zero-order valence-electron chi connectivity index (χ0n) is 20.8. The monoisotopic (exact) mass is 592 g/mol. The second-order valence-corrected chi connectivity index (χ2v) is 10.3. The third-order valence-corrected chi connectivity index (χ3v) is 7.69. The summed E-state index contributed by atoms with van der Waals surface area (Å²) in [5.74, 6) is -1.53. The van der Waals surface area contributed by atoms with Crippen LogP contribution in [0.4, 0.5) is 44.3 Å². The summed E-state index contributed by atoms with van der Waals surface area (Å²) in [4.78, 5) is 26.2. The number of carbonyl (C=O) groups is 2. The summed E-state index contributed by atoms with van der Waals surface area (Å²) in [7, 11) is 0. The van der Waals surface area contributed by atoms with Gasteiger partial charge in [0.15, 0.2) is 0 Å². The van der Waals surface area contributed by atoms with E-state index >= 15 is 0 Å². The van der Waals surface area contributed by atoms with Crippen molar-refractivity contribution in [2.75, 3.05) is 19.6 Å². The number of amides is 1. The summed E-state index contributed by atoms with van der Waals surface area (Å²) >= 11 is 0. The molecule has 3 fully saturated rings. The van der Waals surface area contributed by atoms with Crippen molar-refractivity contribution in [1.82, 2.24) is 9.80 Å². The van der Waals surface area contributed by atoms with Gasteiger partial charge in [-0.15, -0.1) is 0 Å². The topological polar surface area (TPSA) is 79.3 Å². The molecule has 1 N–H and O–H groups in total. The first-order chi connectivity index (χ1) is 18.4. The van der Waals surface area contributed by atoms with Gasteiger partial charge in [-0.25, -0.2) is 9.59 Å². The number of carbonyl (C=O) groups excluding carboxylic acids is 1. The minimum Gasteiger partial charge on any atom is -0.478 e. The number of alkyl halides is 9. The Hall–Kier alpha value is -2.91. The van der Waals surface area contributed by atoms with Crippen LogP contribution in [-0.4, -0.2) is 76.2 Å². The molecule has 1 saturated carbocycles. The number of likely N-dealkylation sites (tertiary alicyclic amines) is 2. The standard InChI is InChI=1S/C24H25F9N2O5/c25-22(26,27)15-3-1-4-16(40-21(6-7-21)18(36)37)14(15)13-35-10-2-5-20(35)8-11-34(12-9-20)19(38)39-17(23(28,29)30)24(31,32)33/h1,3-4,17H,2,5-13H2,(H,36,37). The Morgan fingerprint density at radius 2 is 1.50 bits per heavy atom. The average Bonchev–Trinajstić information content (AvgIpc) is 3.53. The fraction of sp³-hybridized carbons (Fsp3) is 0.667. The fourth-order valence-electron chi connectivity index (χ4n) is 5.37. The van der Waals surface area contributed by atoms with Crippen molar-refractivity contribution in [3.8, 4) is 5.75 Å². The summed E-state index contributed by atoms with van der Waals surface area (Å²) < 4.78 is 128. The first-order valence-electron chi connectivity index (χ1n) is 12.3. The molecule has 1 amide bonds. The maximum absolute atomic E-state index is 13.9. The number of piperidine rings is 1. The highest BCUT2D eigenvalue weighted by molar-refractivity contribution is 5.81. The van der Waals surface area contributed by atoms with Crippen LogP contribution in [0.2, 0.25) is 0 Å². The second kappa shape index (κ2) is 10.2. The lowest BCUT2D eigenvalue weighted by Crippen LogP contribution is -2.54. The van der Waals surface area contributed by atoms with E-state index in [2.05, 4.69) is 4.74 Å². The summed E-state index contributed by atoms with van der Waals surface area (Å²) in [5.41, 5.74) is -3.69. The first kappa shape index (κ1) is 30.1. The molecule has 0 radical (unpaired) electrons. The Morgan fingerprint density at radius 1 is 0.900 bits per heavy atom. The van der Waals surface area contributed by atoms with E-state index in [1.807, 2.05) is 0 Å². The van der Waals surface area contributed by atoms with Crippen molar-refractivity contribution in [1.29, 1.82) is 0 Å². The lowest BCUT2D eigenvalue weighted by atomic mass is 9.84. The van der Waals surface area contributed by atoms with Crippen molar-refractivity contribution in [3.05, 3.63) is 29.3 Å². The average molecular weight is 592 g/mol. The van der Waals surface area contributed by atoms with Gasteiger partial charge in [-0.3, -0.25) is 4.90 Å². The van der Waals surface area contributed by atoms with E-state index in [-0.39, 0.29) is 56.6 Å². The molecule has 4 rings (SSSR count). The smallest absolute Gasteiger partial charge is 0.434 e. The second-order valence-electron chi connectivity index (χ2n) is 10.3. The molecule has 2 saturated heterocycles. The lowest BCUT2D eigenvalue weighted by Gasteiger charge is -2.45. The first-order valence-corrected chi connectivity index (χ1v) is 12.3. The Balaban J connectivity index is 1.51. The highest BCUT2D eigenvalue weighted by Gasteiger charge is 2.60. The summed E-state index contributed by atoms with van der Waals surface area (Å²) in [5, 5.41) is 9.46. The molecule has 0 unspecified atom stereocenters. The number of hydrogen-bond acceptors (Lipinski definition) is 5. The number of nitrogens with zero attached hydrogens (tertiary/aromatic N) is 2. The van der Waals surface area contributed by atoms with E-state index in [0.29, 0.717) is 24.3 Å². The van der Waals surface area contributed by atoms with Gasteiger partial charge in [0.2, 0.25) is 5.60 Å². The van der Waals surface area contributed by atoms with Gasteiger partial charge in [-0.2, -0.15) is 39.5 Å². The van der Waals surface area contributed by atoms with Crippen LogP contribution in [0.25, 0.3) is 0 Å². The third-order valence-electron chi connectivity index (χ3n) is 7.69. The molecule has 1 aromatic carbocycles. The van der Waals surface area contributed by atoms with Crippen LogP contribution in [0.15, 0.2) is 18.2 Å². The van der Waals surface area contributed by atoms with Gasteiger partial charge < -0.3 is 19.5 Å². The van der Waals surface area contributed by atoms with Gasteiger partial charge in [0.05, 0.1) is 5.56 Å². The maximum Gasteiger partial charge on any atom is 0.434 e. The predicted octanol–water partition coefficient (Wildman–Crippen LogP) is 5.76. The number of hydrogen-bond donors (Lipinski definition) is 1. The molecule has 0 atom stereocenters. The number of carboxylic acid groups (broad SMARTS) is 1. The zero-order valence-corrected chi connectivity index (χ0v) is 20.8. The van der Waals surface area contributed by atoms with Gasteiger partial charge in [-0.05, 0) is 44.4 Å². The van der Waals surface area contributed by atoms with Gasteiger partial charge in [0.1, 0.15) is 5.75 Å². The van der Waals surface area contributed by atoms with E-state index in [4.69, 9.17) is 4.74 Å². The minimum atomic E-state index is -5.86. The van der Waals surface area contributed by atoms with Crippen LogP contribution >= 0.6 is 0 Å². The molecule has 1 spiro atoms. The molecule has 0 aromatic heterocycles. The Labute approximate surface area is 221 Å². The Bertz CT molecular complexity index is 1110. The Morgan fingerprint density at radius 3 is 2.00 bits per heavy atom. The third kappa shape index (κ3) is 6.05. The molecule has 16 heteroatoms. The molecule has 2 heterocycles. The van der Waals surface area contributed by atoms with Gasteiger partial charge in [0.25, 0.3) is 6.10 Å². The number of carboxylic acids is 1. The predicted molar refractivity (Wildman–Crippen MR) is 117 cm³/mol. The lowest BCUT2D eigenvalue weighted by molar-refractivity contribution is -0.308. The number of ether oxygens (including phenoxy) is 2. The van der Waals surface area contributed by atoms with Crippen LogP contribution < -0.4 is 4.74 Å². The molecule has 1 aromatic rings. The molecular weight excluding hydrogens is 567 g/mol. The molecule has 224 valence electrons.